The van der Waals surface area contributed by atoms with Crippen LogP contribution in [0.1, 0.15) is 11.1 Å². The summed E-state index contributed by atoms with van der Waals surface area (Å²) in [6.45, 7) is 0. The summed E-state index contributed by atoms with van der Waals surface area (Å²) in [5.74, 6) is 0. The van der Waals surface area contributed by atoms with Crippen LogP contribution in [0.25, 0.3) is 60.4 Å². The molecule has 0 unspecified atom stereocenters. The van der Waals surface area contributed by atoms with Crippen molar-refractivity contribution in [3.05, 3.63) is 187 Å². The third kappa shape index (κ3) is 4.97. The maximum absolute atomic E-state index is 3.38. The zero-order valence-corrected chi connectivity index (χ0v) is 24.9. The lowest BCUT2D eigenvalue weighted by molar-refractivity contribution is 1.18. The van der Waals surface area contributed by atoms with Crippen molar-refractivity contribution in [3.8, 4) is 16.8 Å². The van der Waals surface area contributed by atoms with E-state index in [2.05, 4.69) is 185 Å². The summed E-state index contributed by atoms with van der Waals surface area (Å²) >= 11 is 0. The fraction of sp³-hybridized carbons (Fsp3) is 0.0233. The quantitative estimate of drug-likeness (QED) is 0.201. The number of H-pyrrole nitrogens is 1. The van der Waals surface area contributed by atoms with E-state index in [-0.39, 0.29) is 0 Å². The van der Waals surface area contributed by atoms with Crippen LogP contribution in [0.5, 0.6) is 0 Å². The summed E-state index contributed by atoms with van der Waals surface area (Å²) in [4.78, 5) is 3.38. The lowest BCUT2D eigenvalue weighted by Gasteiger charge is -2.06. The van der Waals surface area contributed by atoms with Gasteiger partial charge < -0.3 is 9.55 Å². The fourth-order valence-corrected chi connectivity index (χ4v) is 6.66. The number of rotatable bonds is 1. The zero-order valence-electron chi connectivity index (χ0n) is 24.9. The summed E-state index contributed by atoms with van der Waals surface area (Å²) in [6.07, 6.45) is 1.10. The second-order valence-electron chi connectivity index (χ2n) is 11.4. The van der Waals surface area contributed by atoms with Gasteiger partial charge in [-0.2, -0.15) is 0 Å². The number of benzene rings is 7. The van der Waals surface area contributed by atoms with E-state index in [1.807, 2.05) is 0 Å². The molecule has 0 spiro atoms. The van der Waals surface area contributed by atoms with E-state index in [4.69, 9.17) is 0 Å². The van der Waals surface area contributed by atoms with Crippen LogP contribution in [-0.4, -0.2) is 9.55 Å². The molecule has 0 radical (unpaired) electrons. The number of nitrogens with one attached hydrogen (secondary N) is 1. The molecule has 0 amide bonds. The van der Waals surface area contributed by atoms with Crippen LogP contribution in [-0.2, 0) is 6.42 Å². The van der Waals surface area contributed by atoms with Crippen molar-refractivity contribution < 1.29 is 0 Å². The van der Waals surface area contributed by atoms with Crippen LogP contribution in [0, 0.1) is 0 Å². The highest BCUT2D eigenvalue weighted by molar-refractivity contribution is 6.09. The molecular weight excluding hydrogens is 544 g/mol. The average molecular weight is 577 g/mol. The molecule has 10 rings (SSSR count). The molecule has 0 fully saturated rings. The standard InChI is InChI=1S/C18H13N.C13H10.C12H9N/c1-2-8-14(9-3-1)19-17-12-6-4-10-15(17)16-11-5-7-13-18(16)19;1-3-7-12-10(5-1)9-11-6-2-4-8-13(11)12;1-3-7-11-9(5-1)10-6-2-4-8-12(10)13-11/h1-13H;1-8H,9H2;1-8,13H. The molecule has 0 bridgehead atoms. The van der Waals surface area contributed by atoms with E-state index in [9.17, 15) is 0 Å². The molecule has 2 nitrogen and oxygen atoms in total. The molecule has 7 aromatic carbocycles. The number of nitrogens with zero attached hydrogens (tertiary/aromatic N) is 1. The maximum Gasteiger partial charge on any atom is 0.0541 e. The van der Waals surface area contributed by atoms with E-state index in [1.165, 1.54) is 71.6 Å². The molecule has 1 aliphatic rings. The van der Waals surface area contributed by atoms with Gasteiger partial charge in [-0.15, -0.1) is 0 Å². The number of fused-ring (bicyclic) bond motifs is 9. The van der Waals surface area contributed by atoms with Gasteiger partial charge in [0, 0.05) is 38.3 Å². The van der Waals surface area contributed by atoms with Gasteiger partial charge in [0.15, 0.2) is 0 Å². The topological polar surface area (TPSA) is 20.7 Å². The summed E-state index contributed by atoms with van der Waals surface area (Å²) in [7, 11) is 0. The van der Waals surface area contributed by atoms with Crippen molar-refractivity contribution in [3.63, 3.8) is 0 Å². The predicted molar refractivity (Wildman–Crippen MR) is 191 cm³/mol. The highest BCUT2D eigenvalue weighted by Crippen LogP contribution is 2.36. The number of hydrogen-bond donors (Lipinski definition) is 1. The van der Waals surface area contributed by atoms with Crippen LogP contribution < -0.4 is 0 Å². The molecule has 2 heterocycles. The predicted octanol–water partition coefficient (Wildman–Crippen LogP) is 11.4. The lowest BCUT2D eigenvalue weighted by atomic mass is 10.1. The first-order chi connectivity index (χ1) is 22.3. The number of para-hydroxylation sites is 5. The normalized spacial score (nSPS) is 11.5. The number of aromatic amines is 1. The van der Waals surface area contributed by atoms with Crippen LogP contribution in [0.4, 0.5) is 0 Å². The van der Waals surface area contributed by atoms with Crippen molar-refractivity contribution in [2.24, 2.45) is 0 Å². The third-order valence-electron chi connectivity index (χ3n) is 8.71. The first-order valence-corrected chi connectivity index (χ1v) is 15.5. The van der Waals surface area contributed by atoms with Crippen molar-refractivity contribution in [1.29, 1.82) is 0 Å². The van der Waals surface area contributed by atoms with Crippen LogP contribution in [0.2, 0.25) is 0 Å². The molecule has 0 saturated carbocycles. The highest BCUT2D eigenvalue weighted by Gasteiger charge is 2.16. The second-order valence-corrected chi connectivity index (χ2v) is 11.4. The Bertz CT molecular complexity index is 2260. The van der Waals surface area contributed by atoms with Gasteiger partial charge in [-0.25, -0.2) is 0 Å². The summed E-state index contributed by atoms with van der Waals surface area (Å²) < 4.78 is 2.32. The smallest absolute Gasteiger partial charge is 0.0541 e. The van der Waals surface area contributed by atoms with Gasteiger partial charge >= 0.3 is 0 Å². The monoisotopic (exact) mass is 576 g/mol. The Labute approximate surface area is 262 Å². The van der Waals surface area contributed by atoms with Gasteiger partial charge in [-0.05, 0) is 65.1 Å². The molecule has 0 saturated heterocycles. The minimum atomic E-state index is 1.10. The first-order valence-electron chi connectivity index (χ1n) is 15.5. The molecular formula is C43H32N2. The Morgan fingerprint density at radius 2 is 0.756 bits per heavy atom. The molecule has 9 aromatic rings. The van der Waals surface area contributed by atoms with Gasteiger partial charge in [0.1, 0.15) is 0 Å². The van der Waals surface area contributed by atoms with Crippen molar-refractivity contribution in [2.45, 2.75) is 6.42 Å². The van der Waals surface area contributed by atoms with E-state index >= 15 is 0 Å². The number of aromatic nitrogens is 2. The Morgan fingerprint density at radius 1 is 0.356 bits per heavy atom. The first kappa shape index (κ1) is 26.7. The van der Waals surface area contributed by atoms with Crippen molar-refractivity contribution in [1.82, 2.24) is 9.55 Å². The van der Waals surface area contributed by atoms with Gasteiger partial charge in [0.05, 0.1) is 11.0 Å². The highest BCUT2D eigenvalue weighted by atomic mass is 15.0. The Morgan fingerprint density at radius 3 is 1.29 bits per heavy atom. The van der Waals surface area contributed by atoms with Gasteiger partial charge in [-0.3, -0.25) is 0 Å². The second kappa shape index (κ2) is 11.7. The van der Waals surface area contributed by atoms with Gasteiger partial charge in [-0.1, -0.05) is 140 Å². The molecule has 0 aliphatic heterocycles. The molecule has 2 aromatic heterocycles. The van der Waals surface area contributed by atoms with Crippen molar-refractivity contribution in [2.75, 3.05) is 0 Å². The fourth-order valence-electron chi connectivity index (χ4n) is 6.66. The maximum atomic E-state index is 3.38. The van der Waals surface area contributed by atoms with Gasteiger partial charge in [0.25, 0.3) is 0 Å². The van der Waals surface area contributed by atoms with Crippen LogP contribution in [0.15, 0.2) is 176 Å². The summed E-state index contributed by atoms with van der Waals surface area (Å²) in [5.41, 5.74) is 11.9. The lowest BCUT2D eigenvalue weighted by Crippen LogP contribution is -1.92. The van der Waals surface area contributed by atoms with E-state index in [0.717, 1.165) is 6.42 Å². The summed E-state index contributed by atoms with van der Waals surface area (Å²) in [6, 6.07) is 61.7. The molecule has 1 N–H and O–H groups in total. The molecule has 2 heteroatoms. The van der Waals surface area contributed by atoms with Gasteiger partial charge in [0.2, 0.25) is 0 Å². The van der Waals surface area contributed by atoms with E-state index in [1.54, 1.807) is 0 Å². The van der Waals surface area contributed by atoms with Crippen LogP contribution >= 0.6 is 0 Å². The largest absolute Gasteiger partial charge is 0.355 e. The van der Waals surface area contributed by atoms with Crippen molar-refractivity contribution >= 4 is 43.6 Å². The zero-order chi connectivity index (χ0) is 30.0. The molecule has 214 valence electrons. The van der Waals surface area contributed by atoms with Crippen LogP contribution in [0.3, 0.4) is 0 Å². The molecule has 45 heavy (non-hydrogen) atoms. The Kier molecular flexibility index (Phi) is 6.94. The Balaban J connectivity index is 0.000000103. The SMILES string of the molecule is c1ccc(-n2c3ccccc3c3ccccc32)cc1.c1ccc2c(c1)Cc1ccccc1-2.c1ccc2c(c1)[nH]c1ccccc12. The third-order valence-corrected chi connectivity index (χ3v) is 8.71. The summed E-state index contributed by atoms with van der Waals surface area (Å²) in [5, 5.41) is 5.22. The average Bonchev–Trinajstić information content (AvgIpc) is 3.79. The molecule has 0 atom stereocenters. The Hall–Kier alpha value is -5.86. The molecule has 1 aliphatic carbocycles. The minimum Gasteiger partial charge on any atom is -0.355 e. The minimum absolute atomic E-state index is 1.10. The van der Waals surface area contributed by atoms with E-state index < -0.39 is 0 Å². The number of hydrogen-bond acceptors (Lipinski definition) is 0. The van der Waals surface area contributed by atoms with E-state index in [0.29, 0.717) is 0 Å².